The molecule has 1 heterocycles. The second-order valence-corrected chi connectivity index (χ2v) is 6.41. The number of hydrogen-bond donors (Lipinski definition) is 1. The molecule has 0 aliphatic rings. The molecule has 5 heteroatoms. The normalized spacial score (nSPS) is 13.0. The van der Waals surface area contributed by atoms with Gasteiger partial charge in [-0.2, -0.15) is 5.10 Å². The van der Waals surface area contributed by atoms with Crippen molar-refractivity contribution in [2.45, 2.75) is 45.9 Å². The number of benzene rings is 1. The molecule has 1 N–H and O–H groups in total. The number of hydrogen-bond acceptors (Lipinski definition) is 3. The number of halogens is 1. The van der Waals surface area contributed by atoms with Crippen LogP contribution < -0.4 is 4.74 Å². The molecule has 0 aliphatic heterocycles. The van der Waals surface area contributed by atoms with Gasteiger partial charge in [0.05, 0.1) is 22.5 Å². The number of aliphatic hydroxyl groups excluding tert-OH is 1. The van der Waals surface area contributed by atoms with Crippen molar-refractivity contribution in [2.75, 3.05) is 0 Å². The summed E-state index contributed by atoms with van der Waals surface area (Å²) >= 11 is 3.46. The van der Waals surface area contributed by atoms with E-state index < -0.39 is 6.10 Å². The largest absolute Gasteiger partial charge is 0.491 e. The molecule has 0 saturated heterocycles. The number of aromatic nitrogens is 2. The van der Waals surface area contributed by atoms with Gasteiger partial charge in [-0.3, -0.25) is 4.68 Å². The summed E-state index contributed by atoms with van der Waals surface area (Å²) < 4.78 is 8.25. The van der Waals surface area contributed by atoms with E-state index in [-0.39, 0.29) is 12.1 Å². The molecule has 4 nitrogen and oxygen atoms in total. The van der Waals surface area contributed by atoms with Crippen molar-refractivity contribution in [3.63, 3.8) is 0 Å². The summed E-state index contributed by atoms with van der Waals surface area (Å²) in [6, 6.07) is 7.70. The lowest BCUT2D eigenvalue weighted by molar-refractivity contribution is 0.203. The first-order valence-corrected chi connectivity index (χ1v) is 7.87. The van der Waals surface area contributed by atoms with Crippen LogP contribution in [-0.4, -0.2) is 21.0 Å². The fourth-order valence-corrected chi connectivity index (χ4v) is 2.67. The summed E-state index contributed by atoms with van der Waals surface area (Å²) in [7, 11) is 0. The number of nitrogens with zero attached hydrogens (tertiary/aromatic N) is 2. The zero-order chi connectivity index (χ0) is 15.6. The Hall–Kier alpha value is -1.33. The molecule has 0 aliphatic carbocycles. The molecular formula is C16H21BrN2O2. The number of ether oxygens (including phenoxy) is 1. The number of aliphatic hydroxyl groups is 1. The van der Waals surface area contributed by atoms with Crippen LogP contribution in [-0.2, 0) is 0 Å². The van der Waals surface area contributed by atoms with E-state index in [4.69, 9.17) is 4.74 Å². The molecular weight excluding hydrogens is 332 g/mol. The highest BCUT2D eigenvalue weighted by Gasteiger charge is 2.21. The highest BCUT2D eigenvalue weighted by atomic mass is 79.9. The molecule has 0 radical (unpaired) electrons. The van der Waals surface area contributed by atoms with Gasteiger partial charge in [-0.1, -0.05) is 12.1 Å². The molecule has 0 bridgehead atoms. The Morgan fingerprint density at radius 2 is 1.76 bits per heavy atom. The van der Waals surface area contributed by atoms with E-state index in [1.54, 1.807) is 6.20 Å². The monoisotopic (exact) mass is 352 g/mol. The van der Waals surface area contributed by atoms with E-state index in [2.05, 4.69) is 21.0 Å². The van der Waals surface area contributed by atoms with Gasteiger partial charge >= 0.3 is 0 Å². The first-order chi connectivity index (χ1) is 9.90. The maximum absolute atomic E-state index is 10.6. The molecule has 1 unspecified atom stereocenters. The summed E-state index contributed by atoms with van der Waals surface area (Å²) in [5, 5.41) is 14.9. The lowest BCUT2D eigenvalue weighted by Gasteiger charge is -2.17. The van der Waals surface area contributed by atoms with Gasteiger partial charge in [0.15, 0.2) is 0 Å². The molecule has 21 heavy (non-hydrogen) atoms. The van der Waals surface area contributed by atoms with E-state index >= 15 is 0 Å². The molecule has 2 aromatic rings. The highest BCUT2D eigenvalue weighted by Crippen LogP contribution is 2.31. The molecule has 0 spiro atoms. The Labute approximate surface area is 133 Å². The maximum atomic E-state index is 10.6. The minimum Gasteiger partial charge on any atom is -0.491 e. The fourth-order valence-electron chi connectivity index (χ4n) is 2.18. The molecule has 1 aromatic heterocycles. The van der Waals surface area contributed by atoms with Gasteiger partial charge in [-0.15, -0.1) is 0 Å². The van der Waals surface area contributed by atoms with Crippen LogP contribution in [0.5, 0.6) is 5.75 Å². The second kappa shape index (κ2) is 6.62. The van der Waals surface area contributed by atoms with Crippen LogP contribution in [0.15, 0.2) is 34.9 Å². The van der Waals surface area contributed by atoms with E-state index in [0.29, 0.717) is 0 Å². The highest BCUT2D eigenvalue weighted by molar-refractivity contribution is 9.10. The Balaban J connectivity index is 2.28. The smallest absolute Gasteiger partial charge is 0.122 e. The fraction of sp³-hybridized carbons (Fsp3) is 0.438. The van der Waals surface area contributed by atoms with Crippen LogP contribution in [0.1, 0.15) is 51.1 Å². The van der Waals surface area contributed by atoms with Crippen LogP contribution in [0.4, 0.5) is 0 Å². The Morgan fingerprint density at radius 1 is 1.14 bits per heavy atom. The zero-order valence-corrected chi connectivity index (χ0v) is 14.3. The summed E-state index contributed by atoms with van der Waals surface area (Å²) in [6.07, 6.45) is 1.13. The van der Waals surface area contributed by atoms with Crippen molar-refractivity contribution in [2.24, 2.45) is 0 Å². The molecule has 114 valence electrons. The van der Waals surface area contributed by atoms with Gasteiger partial charge in [0.25, 0.3) is 0 Å². The minimum absolute atomic E-state index is 0.136. The lowest BCUT2D eigenvalue weighted by atomic mass is 10.1. The first-order valence-electron chi connectivity index (χ1n) is 7.07. The molecule has 1 aromatic carbocycles. The third kappa shape index (κ3) is 3.66. The summed E-state index contributed by atoms with van der Waals surface area (Å²) in [4.78, 5) is 0. The lowest BCUT2D eigenvalue weighted by Crippen LogP contribution is -2.12. The Morgan fingerprint density at radius 3 is 2.29 bits per heavy atom. The zero-order valence-electron chi connectivity index (χ0n) is 12.7. The summed E-state index contributed by atoms with van der Waals surface area (Å²) in [6.45, 7) is 8.05. The Kier molecular flexibility index (Phi) is 5.06. The number of rotatable bonds is 5. The predicted octanol–water partition coefficient (Wildman–Crippen LogP) is 4.10. The van der Waals surface area contributed by atoms with E-state index in [1.165, 1.54) is 0 Å². The summed E-state index contributed by atoms with van der Waals surface area (Å²) in [5.41, 5.74) is 1.58. The van der Waals surface area contributed by atoms with Crippen LogP contribution >= 0.6 is 15.9 Å². The molecule has 0 fully saturated rings. The third-order valence-electron chi connectivity index (χ3n) is 3.10. The average Bonchev–Trinajstić information content (AvgIpc) is 2.80. The molecule has 0 saturated carbocycles. The first kappa shape index (κ1) is 16.0. The van der Waals surface area contributed by atoms with Crippen molar-refractivity contribution in [1.82, 2.24) is 9.78 Å². The SMILES string of the molecule is CC(C)Oc1ccc(C(O)c2c(Br)cnn2C(C)C)cc1. The van der Waals surface area contributed by atoms with Gasteiger partial charge in [0.1, 0.15) is 11.9 Å². The standard InChI is InChI=1S/C16H21BrN2O2/c1-10(2)19-15(14(17)9-18-19)16(20)12-5-7-13(8-6-12)21-11(3)4/h5-11,16,20H,1-4H3. The van der Waals surface area contributed by atoms with Crippen LogP contribution in [0.2, 0.25) is 0 Å². The van der Waals surface area contributed by atoms with Crippen LogP contribution in [0.3, 0.4) is 0 Å². The van der Waals surface area contributed by atoms with Crippen LogP contribution in [0.25, 0.3) is 0 Å². The molecule has 0 amide bonds. The average molecular weight is 353 g/mol. The third-order valence-corrected chi connectivity index (χ3v) is 3.71. The van der Waals surface area contributed by atoms with Gasteiger partial charge in [0.2, 0.25) is 0 Å². The van der Waals surface area contributed by atoms with Crippen molar-refractivity contribution in [3.8, 4) is 5.75 Å². The van der Waals surface area contributed by atoms with Gasteiger partial charge in [-0.05, 0) is 61.3 Å². The topological polar surface area (TPSA) is 47.3 Å². The van der Waals surface area contributed by atoms with Crippen molar-refractivity contribution >= 4 is 15.9 Å². The van der Waals surface area contributed by atoms with Crippen molar-refractivity contribution in [3.05, 3.63) is 46.2 Å². The van der Waals surface area contributed by atoms with Gasteiger partial charge in [0, 0.05) is 6.04 Å². The summed E-state index contributed by atoms with van der Waals surface area (Å²) in [5.74, 6) is 0.803. The Bertz CT molecular complexity index is 591. The van der Waals surface area contributed by atoms with Gasteiger partial charge in [-0.25, -0.2) is 0 Å². The minimum atomic E-state index is -0.725. The van der Waals surface area contributed by atoms with Crippen molar-refractivity contribution < 1.29 is 9.84 Å². The predicted molar refractivity (Wildman–Crippen MR) is 86.6 cm³/mol. The van der Waals surface area contributed by atoms with Gasteiger partial charge < -0.3 is 9.84 Å². The van der Waals surface area contributed by atoms with E-state index in [1.807, 2.05) is 56.6 Å². The quantitative estimate of drug-likeness (QED) is 0.881. The van der Waals surface area contributed by atoms with Crippen LogP contribution in [0, 0.1) is 0 Å². The second-order valence-electron chi connectivity index (χ2n) is 5.55. The molecule has 2 rings (SSSR count). The van der Waals surface area contributed by atoms with E-state index in [9.17, 15) is 5.11 Å². The van der Waals surface area contributed by atoms with E-state index in [0.717, 1.165) is 21.5 Å². The van der Waals surface area contributed by atoms with Crippen molar-refractivity contribution in [1.29, 1.82) is 0 Å². The maximum Gasteiger partial charge on any atom is 0.122 e. The molecule has 1 atom stereocenters.